The molecule has 0 aliphatic carbocycles. The van der Waals surface area contributed by atoms with E-state index >= 15 is 0 Å². The fourth-order valence-corrected chi connectivity index (χ4v) is 2.66. The highest BCUT2D eigenvalue weighted by Crippen LogP contribution is 2.42. The molecule has 0 heterocycles. The van der Waals surface area contributed by atoms with Gasteiger partial charge in [-0.25, -0.2) is 0 Å². The number of aryl methyl sites for hydroxylation is 3. The summed E-state index contributed by atoms with van der Waals surface area (Å²) in [4.78, 5) is 0. The maximum atomic E-state index is 13.3. The molecule has 0 unspecified atom stereocenters. The van der Waals surface area contributed by atoms with Gasteiger partial charge in [0, 0.05) is 0 Å². The first kappa shape index (κ1) is 16.6. The SMILES string of the molecule is Cc1ccc(-c2c(C)cc(C(C)(C)C(F)(F)F)cc2C)cc1. The van der Waals surface area contributed by atoms with Gasteiger partial charge in [0.05, 0.1) is 5.41 Å². The van der Waals surface area contributed by atoms with Crippen molar-refractivity contribution >= 4 is 0 Å². The van der Waals surface area contributed by atoms with Crippen LogP contribution in [0.4, 0.5) is 13.2 Å². The zero-order chi connectivity index (χ0) is 16.7. The fourth-order valence-electron chi connectivity index (χ4n) is 2.66. The molecule has 0 nitrogen and oxygen atoms in total. The van der Waals surface area contributed by atoms with Crippen LogP contribution in [-0.2, 0) is 5.41 Å². The lowest BCUT2D eigenvalue weighted by Crippen LogP contribution is -2.36. The third kappa shape index (κ3) is 2.90. The molecule has 2 aromatic rings. The van der Waals surface area contributed by atoms with E-state index in [4.69, 9.17) is 0 Å². The second-order valence-corrected chi connectivity index (χ2v) is 6.47. The van der Waals surface area contributed by atoms with Crippen molar-refractivity contribution in [1.82, 2.24) is 0 Å². The zero-order valence-corrected chi connectivity index (χ0v) is 13.6. The van der Waals surface area contributed by atoms with Crippen molar-refractivity contribution in [3.05, 3.63) is 58.7 Å². The molecule has 0 N–H and O–H groups in total. The van der Waals surface area contributed by atoms with Gasteiger partial charge in [-0.3, -0.25) is 0 Å². The summed E-state index contributed by atoms with van der Waals surface area (Å²) in [6.07, 6.45) is -4.27. The Morgan fingerprint density at radius 1 is 0.773 bits per heavy atom. The smallest absolute Gasteiger partial charge is 0.170 e. The molecule has 0 saturated carbocycles. The molecule has 0 fully saturated rings. The van der Waals surface area contributed by atoms with Gasteiger partial charge >= 0.3 is 6.18 Å². The third-order valence-electron chi connectivity index (χ3n) is 4.30. The van der Waals surface area contributed by atoms with Gasteiger partial charge < -0.3 is 0 Å². The van der Waals surface area contributed by atoms with Crippen molar-refractivity contribution in [2.75, 3.05) is 0 Å². The molecule has 2 rings (SSSR count). The number of hydrogen-bond donors (Lipinski definition) is 0. The minimum Gasteiger partial charge on any atom is -0.170 e. The van der Waals surface area contributed by atoms with E-state index in [-0.39, 0.29) is 0 Å². The largest absolute Gasteiger partial charge is 0.397 e. The molecule has 0 bridgehead atoms. The van der Waals surface area contributed by atoms with Gasteiger partial charge in [-0.05, 0) is 62.4 Å². The van der Waals surface area contributed by atoms with Crippen molar-refractivity contribution in [2.45, 2.75) is 46.2 Å². The number of benzene rings is 2. The quantitative estimate of drug-likeness (QED) is 0.627. The van der Waals surface area contributed by atoms with E-state index in [1.54, 1.807) is 12.1 Å². The molecule has 0 spiro atoms. The second kappa shape index (κ2) is 5.45. The van der Waals surface area contributed by atoms with Crippen molar-refractivity contribution in [2.24, 2.45) is 0 Å². The number of hydrogen-bond acceptors (Lipinski definition) is 0. The second-order valence-electron chi connectivity index (χ2n) is 6.47. The van der Waals surface area contributed by atoms with E-state index < -0.39 is 11.6 Å². The highest BCUT2D eigenvalue weighted by molar-refractivity contribution is 5.71. The van der Waals surface area contributed by atoms with Crippen LogP contribution in [0.1, 0.15) is 36.1 Å². The molecule has 3 heteroatoms. The summed E-state index contributed by atoms with van der Waals surface area (Å²) in [5.74, 6) is 0. The molecule has 0 aromatic heterocycles. The van der Waals surface area contributed by atoms with Crippen molar-refractivity contribution in [1.29, 1.82) is 0 Å². The van der Waals surface area contributed by atoms with Crippen LogP contribution in [0.3, 0.4) is 0 Å². The summed E-state index contributed by atoms with van der Waals surface area (Å²) < 4.78 is 39.8. The molecule has 0 atom stereocenters. The average Bonchev–Trinajstić information content (AvgIpc) is 2.38. The van der Waals surface area contributed by atoms with E-state index in [0.29, 0.717) is 5.56 Å². The minimum absolute atomic E-state index is 0.311. The minimum atomic E-state index is -4.27. The van der Waals surface area contributed by atoms with E-state index in [1.807, 2.05) is 45.0 Å². The van der Waals surface area contributed by atoms with Crippen LogP contribution in [0.5, 0.6) is 0 Å². The fraction of sp³-hybridized carbons (Fsp3) is 0.368. The molecule has 2 aromatic carbocycles. The Labute approximate surface area is 130 Å². The van der Waals surface area contributed by atoms with Gasteiger partial charge in [0.1, 0.15) is 0 Å². The molecule has 0 aliphatic heterocycles. The topological polar surface area (TPSA) is 0 Å². The first-order valence-electron chi connectivity index (χ1n) is 7.29. The van der Waals surface area contributed by atoms with E-state index in [1.165, 1.54) is 13.8 Å². The molecule has 0 saturated heterocycles. The lowest BCUT2D eigenvalue weighted by molar-refractivity contribution is -0.180. The van der Waals surface area contributed by atoms with Gasteiger partial charge in [-0.15, -0.1) is 0 Å². The van der Waals surface area contributed by atoms with Crippen LogP contribution >= 0.6 is 0 Å². The van der Waals surface area contributed by atoms with Crippen LogP contribution in [0.25, 0.3) is 11.1 Å². The summed E-state index contributed by atoms with van der Waals surface area (Å²) in [6.45, 7) is 8.22. The van der Waals surface area contributed by atoms with E-state index in [0.717, 1.165) is 27.8 Å². The van der Waals surface area contributed by atoms with Gasteiger partial charge in [0.25, 0.3) is 0 Å². The summed E-state index contributed by atoms with van der Waals surface area (Å²) >= 11 is 0. The molecule has 0 radical (unpaired) electrons. The van der Waals surface area contributed by atoms with Crippen LogP contribution in [0.15, 0.2) is 36.4 Å². The lowest BCUT2D eigenvalue weighted by Gasteiger charge is -2.29. The predicted molar refractivity (Wildman–Crippen MR) is 85.2 cm³/mol. The monoisotopic (exact) mass is 306 g/mol. The molecular weight excluding hydrogens is 285 g/mol. The van der Waals surface area contributed by atoms with E-state index in [9.17, 15) is 13.2 Å². The zero-order valence-electron chi connectivity index (χ0n) is 13.6. The summed E-state index contributed by atoms with van der Waals surface area (Å²) in [5.41, 5.74) is 3.42. The van der Waals surface area contributed by atoms with Gasteiger partial charge in [-0.1, -0.05) is 42.0 Å². The predicted octanol–water partition coefficient (Wildman–Crippen LogP) is 6.12. The van der Waals surface area contributed by atoms with Gasteiger partial charge in [-0.2, -0.15) is 13.2 Å². The number of rotatable bonds is 2. The van der Waals surface area contributed by atoms with Crippen molar-refractivity contribution in [3.8, 4) is 11.1 Å². The highest BCUT2D eigenvalue weighted by atomic mass is 19.4. The summed E-state index contributed by atoms with van der Waals surface area (Å²) in [7, 11) is 0. The number of halogens is 3. The maximum absolute atomic E-state index is 13.3. The Kier molecular flexibility index (Phi) is 4.12. The van der Waals surface area contributed by atoms with Crippen LogP contribution in [-0.4, -0.2) is 6.18 Å². The van der Waals surface area contributed by atoms with Crippen LogP contribution in [0.2, 0.25) is 0 Å². The Morgan fingerprint density at radius 2 is 1.23 bits per heavy atom. The Balaban J connectivity index is 2.57. The van der Waals surface area contributed by atoms with Crippen molar-refractivity contribution in [3.63, 3.8) is 0 Å². The average molecular weight is 306 g/mol. The van der Waals surface area contributed by atoms with Gasteiger partial charge in [0.15, 0.2) is 0 Å². The first-order chi connectivity index (χ1) is 10.0. The Morgan fingerprint density at radius 3 is 1.64 bits per heavy atom. The van der Waals surface area contributed by atoms with Crippen LogP contribution < -0.4 is 0 Å². The standard InChI is InChI=1S/C19H21F3/c1-12-6-8-15(9-7-12)17-13(2)10-16(11-14(17)3)18(4,5)19(20,21)22/h6-11H,1-5H3. The third-order valence-corrected chi connectivity index (χ3v) is 4.30. The lowest BCUT2D eigenvalue weighted by atomic mass is 9.80. The van der Waals surface area contributed by atoms with Gasteiger partial charge in [0.2, 0.25) is 0 Å². The summed E-state index contributed by atoms with van der Waals surface area (Å²) in [6, 6.07) is 11.4. The normalized spacial score (nSPS) is 12.5. The van der Waals surface area contributed by atoms with E-state index in [2.05, 4.69) is 0 Å². The van der Waals surface area contributed by atoms with Crippen molar-refractivity contribution < 1.29 is 13.2 Å². The molecule has 118 valence electrons. The maximum Gasteiger partial charge on any atom is 0.397 e. The molecule has 22 heavy (non-hydrogen) atoms. The Bertz CT molecular complexity index is 654. The molecular formula is C19H21F3. The van der Waals surface area contributed by atoms with Crippen LogP contribution in [0, 0.1) is 20.8 Å². The number of alkyl halides is 3. The molecule has 0 aliphatic rings. The highest BCUT2D eigenvalue weighted by Gasteiger charge is 2.48. The summed E-state index contributed by atoms with van der Waals surface area (Å²) in [5, 5.41) is 0. The Hall–Kier alpha value is -1.77. The molecule has 0 amide bonds. The first-order valence-corrected chi connectivity index (χ1v) is 7.29.